The summed E-state index contributed by atoms with van der Waals surface area (Å²) in [5.74, 6) is -3.23. The maximum atomic E-state index is 14.5. The molecule has 3 rings (SSSR count). The number of pyridine rings is 1. The number of nitrogens with one attached hydrogen (secondary N) is 3. The summed E-state index contributed by atoms with van der Waals surface area (Å²) in [6.45, 7) is 0.151. The van der Waals surface area contributed by atoms with Crippen molar-refractivity contribution in [1.29, 1.82) is 0 Å². The summed E-state index contributed by atoms with van der Waals surface area (Å²) in [6, 6.07) is 6.88. The first-order valence-corrected chi connectivity index (χ1v) is 8.07. The standard InChI is InChI=1S/C19H16F2N4O2/c1-22-8-11-4-5-14(20)16(17(11)21)18(26)12-7-15(24-9-12)19(27)25-13-3-2-6-23-10-13/h2-7,9-10,22,24H,8H2,1H3,(H,25,27). The van der Waals surface area contributed by atoms with E-state index in [9.17, 15) is 18.4 Å². The molecular formula is C19H16F2N4O2. The Morgan fingerprint density at radius 2 is 2.04 bits per heavy atom. The number of anilines is 1. The summed E-state index contributed by atoms with van der Waals surface area (Å²) >= 11 is 0. The van der Waals surface area contributed by atoms with Gasteiger partial charge in [-0.25, -0.2) is 8.78 Å². The van der Waals surface area contributed by atoms with Crippen LogP contribution in [-0.4, -0.2) is 28.7 Å². The van der Waals surface area contributed by atoms with Gasteiger partial charge in [0.25, 0.3) is 5.91 Å². The molecule has 0 aliphatic heterocycles. The number of nitrogens with zero attached hydrogens (tertiary/aromatic N) is 1. The van der Waals surface area contributed by atoms with Crippen LogP contribution in [0, 0.1) is 11.6 Å². The topological polar surface area (TPSA) is 86.9 Å². The van der Waals surface area contributed by atoms with Crippen LogP contribution in [-0.2, 0) is 6.54 Å². The molecule has 2 heterocycles. The molecule has 138 valence electrons. The van der Waals surface area contributed by atoms with Gasteiger partial charge in [0.05, 0.1) is 17.4 Å². The van der Waals surface area contributed by atoms with Gasteiger partial charge >= 0.3 is 0 Å². The minimum atomic E-state index is -0.958. The van der Waals surface area contributed by atoms with Crippen LogP contribution in [0.4, 0.5) is 14.5 Å². The molecule has 0 fully saturated rings. The molecule has 0 aliphatic carbocycles. The number of ketones is 1. The van der Waals surface area contributed by atoms with Crippen molar-refractivity contribution in [2.75, 3.05) is 12.4 Å². The van der Waals surface area contributed by atoms with E-state index in [4.69, 9.17) is 0 Å². The fourth-order valence-corrected chi connectivity index (χ4v) is 2.57. The van der Waals surface area contributed by atoms with Crippen molar-refractivity contribution in [2.24, 2.45) is 0 Å². The predicted molar refractivity (Wildman–Crippen MR) is 95.5 cm³/mol. The van der Waals surface area contributed by atoms with Crippen LogP contribution in [0.15, 0.2) is 48.9 Å². The minimum Gasteiger partial charge on any atom is -0.356 e. The third-order valence-corrected chi connectivity index (χ3v) is 3.87. The fraction of sp³-hybridized carbons (Fsp3) is 0.105. The Morgan fingerprint density at radius 1 is 1.22 bits per heavy atom. The number of carbonyl (C=O) groups is 2. The normalized spacial score (nSPS) is 10.6. The van der Waals surface area contributed by atoms with Gasteiger partial charge in [-0.3, -0.25) is 14.6 Å². The molecule has 0 saturated heterocycles. The van der Waals surface area contributed by atoms with Crippen LogP contribution in [0.25, 0.3) is 0 Å². The second-order valence-corrected chi connectivity index (χ2v) is 5.75. The number of aromatic nitrogens is 2. The lowest BCUT2D eigenvalue weighted by molar-refractivity contribution is 0.102. The van der Waals surface area contributed by atoms with E-state index in [0.29, 0.717) is 5.69 Å². The Bertz CT molecular complexity index is 987. The fourth-order valence-electron chi connectivity index (χ4n) is 2.57. The maximum absolute atomic E-state index is 14.5. The van der Waals surface area contributed by atoms with Crippen molar-refractivity contribution < 1.29 is 18.4 Å². The van der Waals surface area contributed by atoms with Gasteiger partial charge < -0.3 is 15.6 Å². The second-order valence-electron chi connectivity index (χ2n) is 5.75. The summed E-state index contributed by atoms with van der Waals surface area (Å²) in [5, 5.41) is 5.35. The van der Waals surface area contributed by atoms with E-state index >= 15 is 0 Å². The highest BCUT2D eigenvalue weighted by Gasteiger charge is 2.23. The maximum Gasteiger partial charge on any atom is 0.272 e. The number of benzene rings is 1. The molecule has 0 saturated carbocycles. The van der Waals surface area contributed by atoms with Gasteiger partial charge in [0, 0.05) is 30.1 Å². The van der Waals surface area contributed by atoms with Crippen molar-refractivity contribution in [3.8, 4) is 0 Å². The van der Waals surface area contributed by atoms with Crippen LogP contribution in [0.3, 0.4) is 0 Å². The zero-order valence-electron chi connectivity index (χ0n) is 14.3. The average Bonchev–Trinajstić information content (AvgIpc) is 3.15. The van der Waals surface area contributed by atoms with Crippen molar-refractivity contribution in [1.82, 2.24) is 15.3 Å². The van der Waals surface area contributed by atoms with Gasteiger partial charge in [-0.15, -0.1) is 0 Å². The minimum absolute atomic E-state index is 0.0225. The number of aromatic amines is 1. The molecule has 0 unspecified atom stereocenters. The van der Waals surface area contributed by atoms with Crippen LogP contribution < -0.4 is 10.6 Å². The molecular weight excluding hydrogens is 354 g/mol. The quantitative estimate of drug-likeness (QED) is 0.583. The number of hydrogen-bond acceptors (Lipinski definition) is 4. The smallest absolute Gasteiger partial charge is 0.272 e. The molecule has 0 radical (unpaired) electrons. The summed E-state index contributed by atoms with van der Waals surface area (Å²) in [5.41, 5.74) is 0.0512. The summed E-state index contributed by atoms with van der Waals surface area (Å²) in [6.07, 6.45) is 4.27. The third-order valence-electron chi connectivity index (χ3n) is 3.87. The van der Waals surface area contributed by atoms with Gasteiger partial charge in [0.2, 0.25) is 0 Å². The van der Waals surface area contributed by atoms with Gasteiger partial charge in [-0.2, -0.15) is 0 Å². The third kappa shape index (κ3) is 3.90. The number of hydrogen-bond donors (Lipinski definition) is 3. The lowest BCUT2D eigenvalue weighted by Gasteiger charge is -2.08. The average molecular weight is 370 g/mol. The zero-order valence-corrected chi connectivity index (χ0v) is 14.3. The number of carbonyl (C=O) groups excluding carboxylic acids is 2. The van der Waals surface area contributed by atoms with E-state index in [-0.39, 0.29) is 23.4 Å². The van der Waals surface area contributed by atoms with Crippen molar-refractivity contribution in [3.63, 3.8) is 0 Å². The first kappa shape index (κ1) is 18.4. The van der Waals surface area contributed by atoms with Crippen molar-refractivity contribution >= 4 is 17.4 Å². The highest BCUT2D eigenvalue weighted by Crippen LogP contribution is 2.21. The highest BCUT2D eigenvalue weighted by atomic mass is 19.1. The molecule has 3 N–H and O–H groups in total. The molecule has 0 spiro atoms. The van der Waals surface area contributed by atoms with E-state index in [1.165, 1.54) is 24.5 Å². The first-order valence-electron chi connectivity index (χ1n) is 8.07. The Kier molecular flexibility index (Phi) is 5.37. The highest BCUT2D eigenvalue weighted by molar-refractivity contribution is 6.11. The Morgan fingerprint density at radius 3 is 2.74 bits per heavy atom. The number of halogens is 2. The SMILES string of the molecule is CNCc1ccc(F)c(C(=O)c2c[nH]c(C(=O)Nc3cccnc3)c2)c1F. The summed E-state index contributed by atoms with van der Waals surface area (Å²) < 4.78 is 28.6. The predicted octanol–water partition coefficient (Wildman–Crippen LogP) is 2.89. The molecule has 6 nitrogen and oxygen atoms in total. The van der Waals surface area contributed by atoms with E-state index in [1.54, 1.807) is 25.4 Å². The van der Waals surface area contributed by atoms with Crippen LogP contribution in [0.1, 0.15) is 32.0 Å². The van der Waals surface area contributed by atoms with E-state index in [0.717, 1.165) is 6.07 Å². The summed E-state index contributed by atoms with van der Waals surface area (Å²) in [7, 11) is 1.61. The van der Waals surface area contributed by atoms with Crippen molar-refractivity contribution in [3.05, 3.63) is 82.9 Å². The van der Waals surface area contributed by atoms with E-state index in [1.807, 2.05) is 0 Å². The number of H-pyrrole nitrogens is 1. The lowest BCUT2D eigenvalue weighted by Crippen LogP contribution is -2.13. The molecule has 0 atom stereocenters. The molecule has 0 bridgehead atoms. The van der Waals surface area contributed by atoms with Gasteiger partial charge in [0.1, 0.15) is 17.3 Å². The van der Waals surface area contributed by atoms with Crippen LogP contribution in [0.2, 0.25) is 0 Å². The van der Waals surface area contributed by atoms with E-state index < -0.39 is 28.9 Å². The second kappa shape index (κ2) is 7.88. The Balaban J connectivity index is 1.85. The lowest BCUT2D eigenvalue weighted by atomic mass is 10.0. The molecule has 27 heavy (non-hydrogen) atoms. The van der Waals surface area contributed by atoms with E-state index in [2.05, 4.69) is 20.6 Å². The monoisotopic (exact) mass is 370 g/mol. The Labute approximate surface area is 153 Å². The van der Waals surface area contributed by atoms with Crippen LogP contribution in [0.5, 0.6) is 0 Å². The van der Waals surface area contributed by atoms with Gasteiger partial charge in [0.15, 0.2) is 5.78 Å². The number of rotatable bonds is 6. The molecule has 8 heteroatoms. The van der Waals surface area contributed by atoms with Crippen molar-refractivity contribution in [2.45, 2.75) is 6.54 Å². The largest absolute Gasteiger partial charge is 0.356 e. The molecule has 0 aliphatic rings. The first-order chi connectivity index (χ1) is 13.0. The molecule has 3 aromatic rings. The zero-order chi connectivity index (χ0) is 19.4. The summed E-state index contributed by atoms with van der Waals surface area (Å²) in [4.78, 5) is 31.3. The Hall–Kier alpha value is -3.39. The molecule has 2 aromatic heterocycles. The molecule has 1 aromatic carbocycles. The number of amides is 1. The molecule has 1 amide bonds. The van der Waals surface area contributed by atoms with Crippen LogP contribution >= 0.6 is 0 Å². The van der Waals surface area contributed by atoms with Gasteiger partial charge in [-0.1, -0.05) is 6.07 Å². The van der Waals surface area contributed by atoms with Gasteiger partial charge in [-0.05, 0) is 31.3 Å².